The first-order chi connectivity index (χ1) is 12.9. The van der Waals surface area contributed by atoms with Gasteiger partial charge in [-0.2, -0.15) is 0 Å². The van der Waals surface area contributed by atoms with Gasteiger partial charge in [-0.25, -0.2) is 13.6 Å². The van der Waals surface area contributed by atoms with E-state index in [-0.39, 0.29) is 4.90 Å². The van der Waals surface area contributed by atoms with Crippen LogP contribution in [0, 0.1) is 0 Å². The number of hydrogen-bond acceptors (Lipinski definition) is 4. The predicted octanol–water partition coefficient (Wildman–Crippen LogP) is 3.17. The van der Waals surface area contributed by atoms with Crippen molar-refractivity contribution >= 4 is 21.6 Å². The number of para-hydroxylation sites is 1. The van der Waals surface area contributed by atoms with Crippen molar-refractivity contribution in [1.82, 2.24) is 0 Å². The number of primary sulfonamides is 1. The number of sulfonamides is 1. The molecule has 1 amide bonds. The number of carbonyl (C=O) groups excluding carboxylic acids is 1. The third-order valence-electron chi connectivity index (χ3n) is 3.79. The minimum atomic E-state index is -3.85. The maximum atomic E-state index is 12.6. The second-order valence-corrected chi connectivity index (χ2v) is 7.36. The Morgan fingerprint density at radius 1 is 0.926 bits per heavy atom. The van der Waals surface area contributed by atoms with E-state index in [4.69, 9.17) is 9.88 Å². The summed E-state index contributed by atoms with van der Waals surface area (Å²) in [6.07, 6.45) is 0. The van der Waals surface area contributed by atoms with Gasteiger partial charge in [0.05, 0.1) is 10.5 Å². The Morgan fingerprint density at radius 2 is 1.63 bits per heavy atom. The molecule has 0 atom stereocenters. The van der Waals surface area contributed by atoms with Crippen molar-refractivity contribution in [3.63, 3.8) is 0 Å². The van der Waals surface area contributed by atoms with Crippen molar-refractivity contribution in [2.45, 2.75) is 11.5 Å². The lowest BCUT2D eigenvalue weighted by Gasteiger charge is -2.12. The highest BCUT2D eigenvalue weighted by atomic mass is 32.2. The van der Waals surface area contributed by atoms with Crippen LogP contribution >= 0.6 is 0 Å². The summed E-state index contributed by atoms with van der Waals surface area (Å²) in [7, 11) is -3.85. The molecule has 7 heteroatoms. The minimum Gasteiger partial charge on any atom is -0.488 e. The van der Waals surface area contributed by atoms with Crippen molar-refractivity contribution in [1.29, 1.82) is 0 Å². The van der Waals surface area contributed by atoms with E-state index in [9.17, 15) is 13.2 Å². The summed E-state index contributed by atoms with van der Waals surface area (Å²) in [6.45, 7) is 0.325. The first kappa shape index (κ1) is 18.6. The standard InChI is InChI=1S/C20H18N2O4S/c21-27(24,25)17-10-6-9-16(13-17)22-20(23)18-11-4-5-12-19(18)26-14-15-7-2-1-3-8-15/h1-13H,14H2,(H,22,23)(H2,21,24,25). The number of amides is 1. The van der Waals surface area contributed by atoms with Gasteiger partial charge in [-0.05, 0) is 35.9 Å². The van der Waals surface area contributed by atoms with Gasteiger partial charge in [-0.3, -0.25) is 4.79 Å². The lowest BCUT2D eigenvalue weighted by Crippen LogP contribution is -2.15. The van der Waals surface area contributed by atoms with Crippen molar-refractivity contribution in [2.75, 3.05) is 5.32 Å². The van der Waals surface area contributed by atoms with Gasteiger partial charge in [-0.15, -0.1) is 0 Å². The Morgan fingerprint density at radius 3 is 2.37 bits per heavy atom. The van der Waals surface area contributed by atoms with Crippen LogP contribution in [-0.2, 0) is 16.6 Å². The predicted molar refractivity (Wildman–Crippen MR) is 103 cm³/mol. The van der Waals surface area contributed by atoms with Crippen LogP contribution in [0.2, 0.25) is 0 Å². The van der Waals surface area contributed by atoms with E-state index >= 15 is 0 Å². The van der Waals surface area contributed by atoms with Gasteiger partial charge in [-0.1, -0.05) is 48.5 Å². The first-order valence-electron chi connectivity index (χ1n) is 8.13. The van der Waals surface area contributed by atoms with Crippen molar-refractivity contribution in [2.24, 2.45) is 5.14 Å². The van der Waals surface area contributed by atoms with E-state index in [2.05, 4.69) is 5.32 Å². The molecule has 6 nitrogen and oxygen atoms in total. The second kappa shape index (κ2) is 8.03. The molecule has 0 spiro atoms. The van der Waals surface area contributed by atoms with Crippen molar-refractivity contribution in [3.05, 3.63) is 90.0 Å². The zero-order valence-electron chi connectivity index (χ0n) is 14.3. The topological polar surface area (TPSA) is 98.5 Å². The number of anilines is 1. The lowest BCUT2D eigenvalue weighted by molar-refractivity contribution is 0.102. The van der Waals surface area contributed by atoms with Crippen LogP contribution in [0.15, 0.2) is 83.8 Å². The summed E-state index contributed by atoms with van der Waals surface area (Å²) in [4.78, 5) is 12.6. The molecule has 0 aromatic heterocycles. The highest BCUT2D eigenvalue weighted by Gasteiger charge is 2.14. The first-order valence-corrected chi connectivity index (χ1v) is 9.68. The van der Waals surface area contributed by atoms with Crippen LogP contribution in [0.4, 0.5) is 5.69 Å². The fourth-order valence-electron chi connectivity index (χ4n) is 2.46. The van der Waals surface area contributed by atoms with Gasteiger partial charge >= 0.3 is 0 Å². The van der Waals surface area contributed by atoms with Gasteiger partial charge in [0.25, 0.3) is 5.91 Å². The van der Waals surface area contributed by atoms with Crippen LogP contribution in [0.5, 0.6) is 5.75 Å². The van der Waals surface area contributed by atoms with Crippen molar-refractivity contribution in [3.8, 4) is 5.75 Å². The second-order valence-electron chi connectivity index (χ2n) is 5.80. The molecule has 3 N–H and O–H groups in total. The van der Waals surface area contributed by atoms with Gasteiger partial charge in [0, 0.05) is 5.69 Å². The fraction of sp³-hybridized carbons (Fsp3) is 0.0500. The summed E-state index contributed by atoms with van der Waals surface area (Å²) < 4.78 is 28.7. The van der Waals surface area contributed by atoms with Gasteiger partial charge < -0.3 is 10.1 Å². The van der Waals surface area contributed by atoms with Crippen LogP contribution in [0.1, 0.15) is 15.9 Å². The number of nitrogens with two attached hydrogens (primary N) is 1. The maximum Gasteiger partial charge on any atom is 0.259 e. The van der Waals surface area contributed by atoms with Gasteiger partial charge in [0.2, 0.25) is 10.0 Å². The van der Waals surface area contributed by atoms with E-state index in [1.807, 2.05) is 30.3 Å². The molecule has 138 valence electrons. The Labute approximate surface area is 157 Å². The number of hydrogen-bond donors (Lipinski definition) is 2. The number of carbonyl (C=O) groups is 1. The van der Waals surface area contributed by atoms with Crippen LogP contribution in [0.25, 0.3) is 0 Å². The molecule has 0 aliphatic carbocycles. The van der Waals surface area contributed by atoms with E-state index < -0.39 is 15.9 Å². The molecule has 0 unspecified atom stereocenters. The third-order valence-corrected chi connectivity index (χ3v) is 4.70. The summed E-state index contributed by atoms with van der Waals surface area (Å²) in [5.74, 6) is 0.0201. The Kier molecular flexibility index (Phi) is 5.54. The smallest absolute Gasteiger partial charge is 0.259 e. The molecular formula is C20H18N2O4S. The van der Waals surface area contributed by atoms with Crippen LogP contribution in [0.3, 0.4) is 0 Å². The largest absolute Gasteiger partial charge is 0.488 e. The highest BCUT2D eigenvalue weighted by molar-refractivity contribution is 7.89. The van der Waals surface area contributed by atoms with E-state index in [1.54, 1.807) is 30.3 Å². The zero-order valence-corrected chi connectivity index (χ0v) is 15.1. The normalized spacial score (nSPS) is 11.0. The van der Waals surface area contributed by atoms with Gasteiger partial charge in [0.1, 0.15) is 12.4 Å². The zero-order chi connectivity index (χ0) is 19.3. The number of ether oxygens (including phenoxy) is 1. The molecule has 27 heavy (non-hydrogen) atoms. The molecule has 3 aromatic carbocycles. The van der Waals surface area contributed by atoms with Crippen LogP contribution in [-0.4, -0.2) is 14.3 Å². The summed E-state index contributed by atoms with van der Waals surface area (Å²) >= 11 is 0. The molecule has 0 bridgehead atoms. The summed E-state index contributed by atoms with van der Waals surface area (Å²) in [6, 6.07) is 22.2. The molecule has 0 fully saturated rings. The quantitative estimate of drug-likeness (QED) is 0.684. The average molecular weight is 382 g/mol. The van der Waals surface area contributed by atoms with Crippen LogP contribution < -0.4 is 15.2 Å². The molecule has 0 saturated carbocycles. The number of nitrogens with one attached hydrogen (secondary N) is 1. The molecule has 0 radical (unpaired) electrons. The number of rotatable bonds is 6. The molecule has 3 aromatic rings. The molecule has 0 heterocycles. The molecule has 0 aliphatic rings. The lowest BCUT2D eigenvalue weighted by atomic mass is 10.1. The fourth-order valence-corrected chi connectivity index (χ4v) is 3.02. The third kappa shape index (κ3) is 4.93. The highest BCUT2D eigenvalue weighted by Crippen LogP contribution is 2.22. The Hall–Kier alpha value is -3.16. The summed E-state index contributed by atoms with van der Waals surface area (Å²) in [5.41, 5.74) is 1.65. The molecule has 0 saturated heterocycles. The Balaban J connectivity index is 1.77. The summed E-state index contributed by atoms with van der Waals surface area (Å²) in [5, 5.41) is 7.80. The van der Waals surface area contributed by atoms with Crippen molar-refractivity contribution < 1.29 is 17.9 Å². The average Bonchev–Trinajstić information content (AvgIpc) is 2.67. The van der Waals surface area contributed by atoms with E-state index in [0.717, 1.165) is 5.56 Å². The minimum absolute atomic E-state index is 0.0751. The molecular weight excluding hydrogens is 364 g/mol. The Bertz CT molecular complexity index is 1050. The maximum absolute atomic E-state index is 12.6. The SMILES string of the molecule is NS(=O)(=O)c1cccc(NC(=O)c2ccccc2OCc2ccccc2)c1. The monoisotopic (exact) mass is 382 g/mol. The number of benzene rings is 3. The molecule has 0 aliphatic heterocycles. The van der Waals surface area contributed by atoms with Gasteiger partial charge in [0.15, 0.2) is 0 Å². The van der Waals surface area contributed by atoms with E-state index in [1.165, 1.54) is 18.2 Å². The molecule has 3 rings (SSSR count). The van der Waals surface area contributed by atoms with E-state index in [0.29, 0.717) is 23.6 Å².